The number of halogens is 1. The summed E-state index contributed by atoms with van der Waals surface area (Å²) in [6.07, 6.45) is 4.76. The zero-order valence-corrected chi connectivity index (χ0v) is 21.0. The van der Waals surface area contributed by atoms with Crippen molar-refractivity contribution in [2.75, 3.05) is 26.2 Å². The van der Waals surface area contributed by atoms with E-state index in [1.165, 1.54) is 10.4 Å². The molecule has 1 unspecified atom stereocenters. The Balaban J connectivity index is 1.28. The van der Waals surface area contributed by atoms with Crippen LogP contribution in [-0.2, 0) is 10.0 Å². The van der Waals surface area contributed by atoms with Gasteiger partial charge in [-0.15, -0.1) is 6.58 Å². The number of sulfonamides is 1. The van der Waals surface area contributed by atoms with Gasteiger partial charge in [-0.3, -0.25) is 9.78 Å². The lowest BCUT2D eigenvalue weighted by Crippen LogP contribution is -2.51. The fourth-order valence-electron chi connectivity index (χ4n) is 4.43. The Labute approximate surface area is 214 Å². The average Bonchev–Trinajstić information content (AvgIpc) is 3.40. The van der Waals surface area contributed by atoms with Crippen molar-refractivity contribution in [3.63, 3.8) is 0 Å². The first-order valence-electron chi connectivity index (χ1n) is 11.5. The SMILES string of the molecule is C=CC(c1ccc2cc(Cl)ccc2c1)S(=O)(=O)N1CCN(C(=O)c2ccc(-c3ccncc3)o2)CC1. The van der Waals surface area contributed by atoms with E-state index in [0.29, 0.717) is 16.3 Å². The molecule has 9 heteroatoms. The summed E-state index contributed by atoms with van der Waals surface area (Å²) in [5, 5.41) is 1.56. The van der Waals surface area contributed by atoms with Gasteiger partial charge in [-0.2, -0.15) is 4.31 Å². The van der Waals surface area contributed by atoms with E-state index >= 15 is 0 Å². The minimum Gasteiger partial charge on any atom is -0.451 e. The van der Waals surface area contributed by atoms with Crippen LogP contribution < -0.4 is 0 Å². The number of aromatic nitrogens is 1. The molecule has 1 atom stereocenters. The summed E-state index contributed by atoms with van der Waals surface area (Å²) < 4.78 is 34.2. The van der Waals surface area contributed by atoms with Gasteiger partial charge in [0.05, 0.1) is 0 Å². The van der Waals surface area contributed by atoms with Gasteiger partial charge in [0.15, 0.2) is 5.76 Å². The molecule has 7 nitrogen and oxygen atoms in total. The number of fused-ring (bicyclic) bond motifs is 1. The molecule has 0 bridgehead atoms. The molecule has 0 N–H and O–H groups in total. The number of benzene rings is 2. The number of carbonyl (C=O) groups is 1. The molecule has 184 valence electrons. The normalized spacial score (nSPS) is 15.6. The lowest BCUT2D eigenvalue weighted by Gasteiger charge is -2.35. The second-order valence-electron chi connectivity index (χ2n) is 8.54. The topological polar surface area (TPSA) is 83.7 Å². The Morgan fingerprint density at radius 3 is 2.39 bits per heavy atom. The van der Waals surface area contributed by atoms with Gasteiger partial charge in [0, 0.05) is 49.2 Å². The van der Waals surface area contributed by atoms with Crippen LogP contribution in [0.2, 0.25) is 5.02 Å². The van der Waals surface area contributed by atoms with Crippen LogP contribution in [0.4, 0.5) is 0 Å². The number of piperazine rings is 1. The third kappa shape index (κ3) is 4.67. The van der Waals surface area contributed by atoms with Crippen molar-refractivity contribution in [2.24, 2.45) is 0 Å². The maximum atomic E-state index is 13.5. The largest absolute Gasteiger partial charge is 0.451 e. The molecule has 0 spiro atoms. The molecule has 4 aromatic rings. The summed E-state index contributed by atoms with van der Waals surface area (Å²) in [6, 6.07) is 18.0. The zero-order chi connectivity index (χ0) is 25.3. The second-order valence-corrected chi connectivity index (χ2v) is 11.0. The van der Waals surface area contributed by atoms with Crippen molar-refractivity contribution < 1.29 is 17.6 Å². The highest BCUT2D eigenvalue weighted by Gasteiger charge is 2.35. The standard InChI is InChI=1S/C27H24ClN3O4S/c1-2-26(22-4-3-21-18-23(28)6-5-20(21)17-22)36(33,34)31-15-13-30(14-16-31)27(32)25-8-7-24(35-25)19-9-11-29-12-10-19/h2-12,17-18,26H,1,13-16H2. The monoisotopic (exact) mass is 521 g/mol. The lowest BCUT2D eigenvalue weighted by atomic mass is 10.0. The van der Waals surface area contributed by atoms with Gasteiger partial charge in [-0.1, -0.05) is 35.9 Å². The molecule has 2 aromatic carbocycles. The third-order valence-corrected chi connectivity index (χ3v) is 8.78. The van der Waals surface area contributed by atoms with Gasteiger partial charge in [-0.25, -0.2) is 8.42 Å². The molecule has 1 fully saturated rings. The molecule has 0 aliphatic carbocycles. The Morgan fingerprint density at radius 2 is 1.67 bits per heavy atom. The highest BCUT2D eigenvalue weighted by molar-refractivity contribution is 7.89. The molecule has 0 radical (unpaired) electrons. The van der Waals surface area contributed by atoms with Crippen molar-refractivity contribution >= 4 is 38.3 Å². The summed E-state index contributed by atoms with van der Waals surface area (Å²) >= 11 is 6.07. The number of furan rings is 1. The summed E-state index contributed by atoms with van der Waals surface area (Å²) in [6.45, 7) is 4.72. The minimum absolute atomic E-state index is 0.194. The molecule has 1 aliphatic rings. The van der Waals surface area contributed by atoms with E-state index in [2.05, 4.69) is 11.6 Å². The quantitative estimate of drug-likeness (QED) is 0.327. The van der Waals surface area contributed by atoms with Crippen LogP contribution >= 0.6 is 11.6 Å². The van der Waals surface area contributed by atoms with Crippen LogP contribution in [0.1, 0.15) is 21.4 Å². The van der Waals surface area contributed by atoms with E-state index < -0.39 is 15.3 Å². The maximum Gasteiger partial charge on any atom is 0.289 e. The van der Waals surface area contributed by atoms with Crippen molar-refractivity contribution in [1.29, 1.82) is 0 Å². The summed E-state index contributed by atoms with van der Waals surface area (Å²) in [7, 11) is -3.73. The van der Waals surface area contributed by atoms with Crippen molar-refractivity contribution in [3.8, 4) is 11.3 Å². The van der Waals surface area contributed by atoms with Crippen LogP contribution in [-0.4, -0.2) is 54.7 Å². The van der Waals surface area contributed by atoms with Crippen molar-refractivity contribution in [1.82, 2.24) is 14.2 Å². The first kappa shape index (κ1) is 24.2. The average molecular weight is 522 g/mol. The Bertz CT molecular complexity index is 1530. The van der Waals surface area contributed by atoms with Crippen LogP contribution in [0.25, 0.3) is 22.1 Å². The number of pyridine rings is 1. The first-order chi connectivity index (χ1) is 17.4. The number of hydrogen-bond acceptors (Lipinski definition) is 5. The Morgan fingerprint density at radius 1 is 0.972 bits per heavy atom. The molecule has 2 aromatic heterocycles. The maximum absolute atomic E-state index is 13.5. The van der Waals surface area contributed by atoms with E-state index in [-0.39, 0.29) is 37.8 Å². The van der Waals surface area contributed by atoms with E-state index in [4.69, 9.17) is 16.0 Å². The predicted octanol–water partition coefficient (Wildman–Crippen LogP) is 5.16. The fourth-order valence-corrected chi connectivity index (χ4v) is 6.34. The fraction of sp³-hybridized carbons (Fsp3) is 0.185. The van der Waals surface area contributed by atoms with Gasteiger partial charge >= 0.3 is 0 Å². The van der Waals surface area contributed by atoms with Crippen LogP contribution in [0.3, 0.4) is 0 Å². The molecule has 1 amide bonds. The highest BCUT2D eigenvalue weighted by atomic mass is 35.5. The summed E-state index contributed by atoms with van der Waals surface area (Å²) in [4.78, 5) is 18.6. The number of nitrogens with zero attached hydrogens (tertiary/aromatic N) is 3. The number of carbonyl (C=O) groups excluding carboxylic acids is 1. The summed E-state index contributed by atoms with van der Waals surface area (Å²) in [5.74, 6) is 0.535. The molecule has 36 heavy (non-hydrogen) atoms. The molecular formula is C27H24ClN3O4S. The number of rotatable bonds is 6. The van der Waals surface area contributed by atoms with Crippen LogP contribution in [0.5, 0.6) is 0 Å². The van der Waals surface area contributed by atoms with E-state index in [0.717, 1.165) is 16.3 Å². The molecule has 3 heterocycles. The van der Waals surface area contributed by atoms with Crippen LogP contribution in [0.15, 0.2) is 90.1 Å². The van der Waals surface area contributed by atoms with E-state index in [9.17, 15) is 13.2 Å². The molecule has 1 saturated heterocycles. The van der Waals surface area contributed by atoms with E-state index in [1.807, 2.05) is 24.3 Å². The van der Waals surface area contributed by atoms with Gasteiger partial charge in [0.2, 0.25) is 10.0 Å². The smallest absolute Gasteiger partial charge is 0.289 e. The van der Waals surface area contributed by atoms with E-state index in [1.54, 1.807) is 53.7 Å². The van der Waals surface area contributed by atoms with Gasteiger partial charge in [0.25, 0.3) is 5.91 Å². The molecular weight excluding hydrogens is 498 g/mol. The Hall–Kier alpha value is -3.46. The van der Waals surface area contributed by atoms with Crippen molar-refractivity contribution in [2.45, 2.75) is 5.25 Å². The highest BCUT2D eigenvalue weighted by Crippen LogP contribution is 2.31. The van der Waals surface area contributed by atoms with Gasteiger partial charge < -0.3 is 9.32 Å². The number of amides is 1. The lowest BCUT2D eigenvalue weighted by molar-refractivity contribution is 0.0666. The number of hydrogen-bond donors (Lipinski definition) is 0. The first-order valence-corrected chi connectivity index (χ1v) is 13.4. The van der Waals surface area contributed by atoms with Gasteiger partial charge in [0.1, 0.15) is 11.0 Å². The molecule has 5 rings (SSSR count). The Kier molecular flexibility index (Phi) is 6.66. The predicted molar refractivity (Wildman–Crippen MR) is 140 cm³/mol. The molecule has 1 aliphatic heterocycles. The zero-order valence-electron chi connectivity index (χ0n) is 19.4. The third-order valence-electron chi connectivity index (χ3n) is 6.36. The summed E-state index contributed by atoms with van der Waals surface area (Å²) in [5.41, 5.74) is 1.46. The van der Waals surface area contributed by atoms with Crippen molar-refractivity contribution in [3.05, 3.63) is 102 Å². The van der Waals surface area contributed by atoms with Gasteiger partial charge in [-0.05, 0) is 58.8 Å². The molecule has 0 saturated carbocycles. The second kappa shape index (κ2) is 9.89. The van der Waals surface area contributed by atoms with Crippen LogP contribution in [0, 0.1) is 0 Å². The minimum atomic E-state index is -3.73.